The molecule has 0 aliphatic carbocycles. The first-order chi connectivity index (χ1) is 10.5. The van der Waals surface area contributed by atoms with Gasteiger partial charge in [-0.05, 0) is 5.92 Å². The highest BCUT2D eigenvalue weighted by atomic mass is 32.1. The van der Waals surface area contributed by atoms with Gasteiger partial charge < -0.3 is 16.4 Å². The molecule has 0 saturated heterocycles. The Morgan fingerprint density at radius 1 is 1.27 bits per heavy atom. The molecule has 0 spiro atoms. The van der Waals surface area contributed by atoms with Gasteiger partial charge in [-0.15, -0.1) is 22.7 Å². The van der Waals surface area contributed by atoms with E-state index in [0.717, 1.165) is 4.88 Å². The van der Waals surface area contributed by atoms with Crippen molar-refractivity contribution in [2.24, 2.45) is 5.73 Å². The highest BCUT2D eigenvalue weighted by molar-refractivity contribution is 7.15. The predicted octanol–water partition coefficient (Wildman–Crippen LogP) is 1.80. The van der Waals surface area contributed by atoms with Crippen LogP contribution in [0.1, 0.15) is 30.3 Å². The van der Waals surface area contributed by atoms with Gasteiger partial charge in [-0.25, -0.2) is 9.97 Å². The molecule has 22 heavy (non-hydrogen) atoms. The van der Waals surface area contributed by atoms with Crippen molar-refractivity contribution in [3.05, 3.63) is 22.1 Å². The molecule has 0 aliphatic heterocycles. The molecule has 0 saturated carbocycles. The minimum absolute atomic E-state index is 0.0996. The van der Waals surface area contributed by atoms with Crippen molar-refractivity contribution in [2.45, 2.75) is 26.2 Å². The van der Waals surface area contributed by atoms with Gasteiger partial charge in [0.05, 0.1) is 18.7 Å². The van der Waals surface area contributed by atoms with Gasteiger partial charge in [0.1, 0.15) is 0 Å². The monoisotopic (exact) mass is 339 g/mol. The first-order valence-corrected chi connectivity index (χ1v) is 8.37. The van der Waals surface area contributed by atoms with E-state index in [1.54, 1.807) is 11.6 Å². The molecule has 0 bridgehead atoms. The predicted molar refractivity (Wildman–Crippen MR) is 88.3 cm³/mol. The van der Waals surface area contributed by atoms with Gasteiger partial charge >= 0.3 is 0 Å². The van der Waals surface area contributed by atoms with Crippen LogP contribution in [-0.4, -0.2) is 28.3 Å². The van der Waals surface area contributed by atoms with Crippen LogP contribution in [0.5, 0.6) is 0 Å². The number of hydrogen-bond donors (Lipinski definition) is 3. The third-order valence-corrected chi connectivity index (χ3v) is 4.68. The largest absolute Gasteiger partial charge is 0.322 e. The van der Waals surface area contributed by atoms with Crippen molar-refractivity contribution in [3.8, 4) is 0 Å². The first kappa shape index (κ1) is 16.5. The van der Waals surface area contributed by atoms with Gasteiger partial charge in [0, 0.05) is 16.5 Å². The van der Waals surface area contributed by atoms with Crippen LogP contribution in [-0.2, 0) is 16.0 Å². The van der Waals surface area contributed by atoms with Gasteiger partial charge in [-0.1, -0.05) is 13.8 Å². The van der Waals surface area contributed by atoms with Crippen molar-refractivity contribution >= 4 is 44.8 Å². The van der Waals surface area contributed by atoms with Crippen LogP contribution in [0.4, 0.5) is 10.3 Å². The third kappa shape index (κ3) is 4.58. The number of nitrogens with zero attached hydrogens (tertiary/aromatic N) is 2. The third-order valence-electron chi connectivity index (χ3n) is 2.66. The van der Waals surface area contributed by atoms with Gasteiger partial charge in [0.2, 0.25) is 11.8 Å². The molecule has 0 aliphatic rings. The molecule has 0 fully saturated rings. The SMILES string of the molecule is CC(C)c1cnc(NC(=O)Cc2csc(NC(=O)CN)n2)s1. The second kappa shape index (κ2) is 7.43. The number of nitrogens with two attached hydrogens (primary N) is 1. The first-order valence-electron chi connectivity index (χ1n) is 6.67. The number of anilines is 2. The fraction of sp³-hybridized carbons (Fsp3) is 0.385. The van der Waals surface area contributed by atoms with E-state index < -0.39 is 0 Å². The second-order valence-corrected chi connectivity index (χ2v) is 6.76. The quantitative estimate of drug-likeness (QED) is 0.743. The van der Waals surface area contributed by atoms with Crippen molar-refractivity contribution in [1.29, 1.82) is 0 Å². The number of carbonyl (C=O) groups is 2. The zero-order valence-corrected chi connectivity index (χ0v) is 13.9. The Balaban J connectivity index is 1.90. The van der Waals surface area contributed by atoms with E-state index >= 15 is 0 Å². The topological polar surface area (TPSA) is 110 Å². The van der Waals surface area contributed by atoms with E-state index in [1.165, 1.54) is 22.7 Å². The zero-order chi connectivity index (χ0) is 16.1. The molecule has 9 heteroatoms. The molecule has 4 N–H and O–H groups in total. The lowest BCUT2D eigenvalue weighted by molar-refractivity contribution is -0.116. The molecule has 0 atom stereocenters. The van der Waals surface area contributed by atoms with Crippen LogP contribution in [0.3, 0.4) is 0 Å². The van der Waals surface area contributed by atoms with E-state index in [1.807, 2.05) is 0 Å². The number of nitrogens with one attached hydrogen (secondary N) is 2. The number of carbonyl (C=O) groups excluding carboxylic acids is 2. The summed E-state index contributed by atoms with van der Waals surface area (Å²) in [5.74, 6) is -0.114. The summed E-state index contributed by atoms with van der Waals surface area (Å²) in [6, 6.07) is 0. The number of hydrogen-bond acceptors (Lipinski definition) is 7. The number of amides is 2. The Morgan fingerprint density at radius 2 is 2.00 bits per heavy atom. The summed E-state index contributed by atoms with van der Waals surface area (Å²) >= 11 is 2.72. The molecule has 2 amide bonds. The summed E-state index contributed by atoms with van der Waals surface area (Å²) < 4.78 is 0. The van der Waals surface area contributed by atoms with Gasteiger partial charge in [-0.2, -0.15) is 0 Å². The van der Waals surface area contributed by atoms with Crippen LogP contribution in [0.2, 0.25) is 0 Å². The molecule has 0 aromatic carbocycles. The Kier molecular flexibility index (Phi) is 5.58. The highest BCUT2D eigenvalue weighted by Gasteiger charge is 2.12. The molecule has 2 heterocycles. The van der Waals surface area contributed by atoms with Crippen LogP contribution >= 0.6 is 22.7 Å². The molecule has 2 aromatic heterocycles. The smallest absolute Gasteiger partial charge is 0.239 e. The fourth-order valence-corrected chi connectivity index (χ4v) is 3.12. The molecule has 0 radical (unpaired) electrons. The maximum Gasteiger partial charge on any atom is 0.239 e. The standard InChI is InChI=1S/C13H17N5O2S2/c1-7(2)9-5-15-12(22-9)17-10(19)3-8-6-21-13(16-8)18-11(20)4-14/h5-7H,3-4,14H2,1-2H3,(H,15,17,19)(H,16,18,20). The Hall–Kier alpha value is -1.84. The van der Waals surface area contributed by atoms with Crippen LogP contribution in [0.25, 0.3) is 0 Å². The Bertz CT molecular complexity index is 665. The van der Waals surface area contributed by atoms with Gasteiger partial charge in [0.25, 0.3) is 0 Å². The Labute approximate surface area is 136 Å². The number of rotatable bonds is 6. The maximum absolute atomic E-state index is 12.0. The highest BCUT2D eigenvalue weighted by Crippen LogP contribution is 2.25. The van der Waals surface area contributed by atoms with Crippen LogP contribution in [0.15, 0.2) is 11.6 Å². The van der Waals surface area contributed by atoms with Crippen molar-refractivity contribution in [1.82, 2.24) is 9.97 Å². The summed E-state index contributed by atoms with van der Waals surface area (Å²) in [5, 5.41) is 8.06. The minimum Gasteiger partial charge on any atom is -0.322 e. The fourth-order valence-electron chi connectivity index (χ4n) is 1.56. The Morgan fingerprint density at radius 3 is 2.64 bits per heavy atom. The summed E-state index contributed by atoms with van der Waals surface area (Å²) in [6.45, 7) is 4.05. The van der Waals surface area contributed by atoms with E-state index in [-0.39, 0.29) is 24.8 Å². The summed E-state index contributed by atoms with van der Waals surface area (Å²) in [4.78, 5) is 32.6. The molecule has 2 rings (SSSR count). The molecule has 7 nitrogen and oxygen atoms in total. The molecule has 118 valence electrons. The normalized spacial score (nSPS) is 10.7. The van der Waals surface area contributed by atoms with Crippen LogP contribution < -0.4 is 16.4 Å². The lowest BCUT2D eigenvalue weighted by Crippen LogP contribution is -2.21. The lowest BCUT2D eigenvalue weighted by atomic mass is 10.2. The van der Waals surface area contributed by atoms with Crippen LogP contribution in [0, 0.1) is 0 Å². The minimum atomic E-state index is -0.311. The average molecular weight is 339 g/mol. The second-order valence-electron chi connectivity index (χ2n) is 4.84. The molecule has 2 aromatic rings. The van der Waals surface area contributed by atoms with Crippen molar-refractivity contribution in [2.75, 3.05) is 17.2 Å². The van der Waals surface area contributed by atoms with E-state index in [9.17, 15) is 9.59 Å². The molecular weight excluding hydrogens is 322 g/mol. The average Bonchev–Trinajstić information content (AvgIpc) is 3.08. The summed E-state index contributed by atoms with van der Waals surface area (Å²) in [5.41, 5.74) is 5.80. The van der Waals surface area contributed by atoms with Crippen molar-refractivity contribution in [3.63, 3.8) is 0 Å². The van der Waals surface area contributed by atoms with Gasteiger partial charge in [0.15, 0.2) is 10.3 Å². The summed E-state index contributed by atoms with van der Waals surface area (Å²) in [7, 11) is 0. The summed E-state index contributed by atoms with van der Waals surface area (Å²) in [6.07, 6.45) is 1.90. The zero-order valence-electron chi connectivity index (χ0n) is 12.3. The van der Waals surface area contributed by atoms with E-state index in [0.29, 0.717) is 21.9 Å². The number of thiazole rings is 2. The van der Waals surface area contributed by atoms with E-state index in [2.05, 4.69) is 34.4 Å². The number of aromatic nitrogens is 2. The van der Waals surface area contributed by atoms with E-state index in [4.69, 9.17) is 5.73 Å². The van der Waals surface area contributed by atoms with Gasteiger partial charge in [-0.3, -0.25) is 9.59 Å². The molecular formula is C13H17N5O2S2. The maximum atomic E-state index is 12.0. The van der Waals surface area contributed by atoms with Crippen molar-refractivity contribution < 1.29 is 9.59 Å². The lowest BCUT2D eigenvalue weighted by Gasteiger charge is -2.00. The molecule has 0 unspecified atom stereocenters.